The molecule has 0 aliphatic rings. The summed E-state index contributed by atoms with van der Waals surface area (Å²) in [5.41, 5.74) is 3.86. The third-order valence-electron chi connectivity index (χ3n) is 4.67. The van der Waals surface area contributed by atoms with E-state index >= 15 is 0 Å². The lowest BCUT2D eigenvalue weighted by molar-refractivity contribution is 1.46. The lowest BCUT2D eigenvalue weighted by Gasteiger charge is -2.08. The molecule has 0 nitrogen and oxygen atoms in total. The minimum Gasteiger partial charge on any atom is -0.129 e. The summed E-state index contributed by atoms with van der Waals surface area (Å²) in [6.45, 7) is 2.18. The second-order valence-corrected chi connectivity index (χ2v) is 7.18. The number of thioether (sulfide) groups is 1. The van der Waals surface area contributed by atoms with E-state index in [0.29, 0.717) is 0 Å². The zero-order chi connectivity index (χ0) is 17.2. The zero-order valence-corrected chi connectivity index (χ0v) is 15.3. The van der Waals surface area contributed by atoms with E-state index < -0.39 is 0 Å². The van der Waals surface area contributed by atoms with Crippen molar-refractivity contribution in [3.63, 3.8) is 0 Å². The molecule has 122 valence electrons. The van der Waals surface area contributed by atoms with Crippen molar-refractivity contribution in [2.45, 2.75) is 11.8 Å². The van der Waals surface area contributed by atoms with Gasteiger partial charge in [0.2, 0.25) is 0 Å². The van der Waals surface area contributed by atoms with Gasteiger partial charge in [-0.3, -0.25) is 0 Å². The quantitative estimate of drug-likeness (QED) is 0.281. The molecule has 0 radical (unpaired) electrons. The molecule has 0 spiro atoms. The maximum atomic E-state index is 2.29. The highest BCUT2D eigenvalue weighted by Gasteiger charge is 2.03. The first-order chi connectivity index (χ1) is 12.2. The van der Waals surface area contributed by atoms with Crippen molar-refractivity contribution < 1.29 is 0 Å². The number of hydrogen-bond donors (Lipinski definition) is 0. The average molecular weight is 340 g/mol. The highest BCUT2D eigenvalue weighted by Crippen LogP contribution is 2.29. The fourth-order valence-corrected chi connectivity index (χ4v) is 3.88. The predicted molar refractivity (Wildman–Crippen MR) is 113 cm³/mol. The molecule has 4 aromatic rings. The van der Waals surface area contributed by atoms with Crippen molar-refractivity contribution in [2.24, 2.45) is 0 Å². The standard InChI is InChI=1S/C24H20S/c1-17-13-19-7-3-4-8-20(19)14-18(17)11-12-23-15-21-9-5-6-10-22(21)16-24(23)25-2/h3-16H,1-2H3/b12-11+. The Labute approximate surface area is 153 Å². The van der Waals surface area contributed by atoms with Crippen LogP contribution in [0.1, 0.15) is 16.7 Å². The van der Waals surface area contributed by atoms with E-state index in [2.05, 4.69) is 98.1 Å². The van der Waals surface area contributed by atoms with Crippen molar-refractivity contribution in [1.29, 1.82) is 0 Å². The Bertz CT molecular complexity index is 1090. The van der Waals surface area contributed by atoms with Crippen LogP contribution in [0.15, 0.2) is 77.7 Å². The van der Waals surface area contributed by atoms with Gasteiger partial charge in [0.05, 0.1) is 0 Å². The number of fused-ring (bicyclic) bond motifs is 2. The third kappa shape index (κ3) is 3.20. The van der Waals surface area contributed by atoms with Crippen LogP contribution in [0.25, 0.3) is 33.7 Å². The third-order valence-corrected chi connectivity index (χ3v) is 5.47. The Morgan fingerprint density at radius 2 is 1.12 bits per heavy atom. The molecule has 0 saturated carbocycles. The first-order valence-corrected chi connectivity index (χ1v) is 9.71. The fraction of sp³-hybridized carbons (Fsp3) is 0.0833. The Morgan fingerprint density at radius 1 is 0.640 bits per heavy atom. The second kappa shape index (κ2) is 6.78. The van der Waals surface area contributed by atoms with Crippen molar-refractivity contribution in [3.8, 4) is 0 Å². The van der Waals surface area contributed by atoms with Crippen LogP contribution < -0.4 is 0 Å². The van der Waals surface area contributed by atoms with E-state index in [0.717, 1.165) is 0 Å². The predicted octanol–water partition coefficient (Wildman–Crippen LogP) is 7.19. The van der Waals surface area contributed by atoms with Gasteiger partial charge in [-0.25, -0.2) is 0 Å². The molecule has 0 saturated heterocycles. The molecule has 1 heteroatoms. The summed E-state index contributed by atoms with van der Waals surface area (Å²) >= 11 is 1.80. The summed E-state index contributed by atoms with van der Waals surface area (Å²) in [5.74, 6) is 0. The molecule has 25 heavy (non-hydrogen) atoms. The summed E-state index contributed by atoms with van der Waals surface area (Å²) in [4.78, 5) is 1.31. The molecular formula is C24H20S. The van der Waals surface area contributed by atoms with Gasteiger partial charge in [-0.05, 0) is 69.6 Å². The number of aryl methyl sites for hydroxylation is 1. The molecule has 0 aliphatic carbocycles. The molecule has 0 aromatic heterocycles. The maximum Gasteiger partial charge on any atom is 0.0148 e. The summed E-state index contributed by atoms with van der Waals surface area (Å²) in [5, 5.41) is 5.17. The van der Waals surface area contributed by atoms with Gasteiger partial charge in [0.1, 0.15) is 0 Å². The maximum absolute atomic E-state index is 2.29. The van der Waals surface area contributed by atoms with Crippen molar-refractivity contribution in [2.75, 3.05) is 6.26 Å². The average Bonchev–Trinajstić information content (AvgIpc) is 2.65. The van der Waals surface area contributed by atoms with Crippen LogP contribution in [0.2, 0.25) is 0 Å². The highest BCUT2D eigenvalue weighted by atomic mass is 32.2. The van der Waals surface area contributed by atoms with Crippen LogP contribution >= 0.6 is 11.8 Å². The topological polar surface area (TPSA) is 0 Å². The van der Waals surface area contributed by atoms with Crippen LogP contribution in [0.4, 0.5) is 0 Å². The lowest BCUT2D eigenvalue weighted by Crippen LogP contribution is -1.84. The van der Waals surface area contributed by atoms with E-state index in [-0.39, 0.29) is 0 Å². The van der Waals surface area contributed by atoms with E-state index in [1.165, 1.54) is 43.1 Å². The van der Waals surface area contributed by atoms with Crippen molar-refractivity contribution in [3.05, 3.63) is 89.5 Å². The van der Waals surface area contributed by atoms with Crippen LogP contribution in [0, 0.1) is 6.92 Å². The smallest absolute Gasteiger partial charge is 0.0148 e. The molecule has 0 fully saturated rings. The fourth-order valence-electron chi connectivity index (χ4n) is 3.27. The molecule has 0 atom stereocenters. The van der Waals surface area contributed by atoms with Crippen LogP contribution in [0.5, 0.6) is 0 Å². The SMILES string of the molecule is CSc1cc2ccccc2cc1/C=C/c1cc2ccccc2cc1C. The van der Waals surface area contributed by atoms with Gasteiger partial charge in [0.15, 0.2) is 0 Å². The first kappa shape index (κ1) is 16.0. The van der Waals surface area contributed by atoms with Crippen LogP contribution in [-0.2, 0) is 0 Å². The molecule has 4 rings (SSSR count). The Morgan fingerprint density at radius 3 is 1.72 bits per heavy atom. The number of rotatable bonds is 3. The molecule has 4 aromatic carbocycles. The largest absolute Gasteiger partial charge is 0.129 e. The summed E-state index contributed by atoms with van der Waals surface area (Å²) in [6, 6.07) is 26.2. The second-order valence-electron chi connectivity index (χ2n) is 6.33. The molecule has 0 heterocycles. The van der Waals surface area contributed by atoms with Crippen LogP contribution in [0.3, 0.4) is 0 Å². The Hall–Kier alpha value is -2.51. The minimum atomic E-state index is 1.28. The molecule has 0 bridgehead atoms. The van der Waals surface area contributed by atoms with Gasteiger partial charge in [0.25, 0.3) is 0 Å². The number of hydrogen-bond acceptors (Lipinski definition) is 1. The van der Waals surface area contributed by atoms with Crippen molar-refractivity contribution in [1.82, 2.24) is 0 Å². The van der Waals surface area contributed by atoms with Gasteiger partial charge in [-0.15, -0.1) is 11.8 Å². The zero-order valence-electron chi connectivity index (χ0n) is 14.5. The molecule has 0 amide bonds. The van der Waals surface area contributed by atoms with E-state index in [9.17, 15) is 0 Å². The molecule has 0 N–H and O–H groups in total. The summed E-state index contributed by atoms with van der Waals surface area (Å²) in [6.07, 6.45) is 6.63. The Balaban J connectivity index is 1.79. The summed E-state index contributed by atoms with van der Waals surface area (Å²) < 4.78 is 0. The van der Waals surface area contributed by atoms with Gasteiger partial charge in [-0.1, -0.05) is 66.7 Å². The monoisotopic (exact) mass is 340 g/mol. The van der Waals surface area contributed by atoms with Gasteiger partial charge in [0, 0.05) is 4.90 Å². The van der Waals surface area contributed by atoms with Gasteiger partial charge < -0.3 is 0 Å². The van der Waals surface area contributed by atoms with E-state index in [4.69, 9.17) is 0 Å². The van der Waals surface area contributed by atoms with E-state index in [1.54, 1.807) is 11.8 Å². The molecular weight excluding hydrogens is 320 g/mol. The van der Waals surface area contributed by atoms with Gasteiger partial charge in [-0.2, -0.15) is 0 Å². The molecule has 0 unspecified atom stereocenters. The first-order valence-electron chi connectivity index (χ1n) is 8.49. The summed E-state index contributed by atoms with van der Waals surface area (Å²) in [7, 11) is 0. The molecule has 0 aliphatic heterocycles. The normalized spacial score (nSPS) is 11.6. The van der Waals surface area contributed by atoms with Gasteiger partial charge >= 0.3 is 0 Å². The highest BCUT2D eigenvalue weighted by molar-refractivity contribution is 7.98. The van der Waals surface area contributed by atoms with Crippen LogP contribution in [-0.4, -0.2) is 6.26 Å². The van der Waals surface area contributed by atoms with Crippen molar-refractivity contribution >= 4 is 45.5 Å². The number of benzene rings is 4. The lowest BCUT2D eigenvalue weighted by atomic mass is 10.0. The Kier molecular flexibility index (Phi) is 4.33. The minimum absolute atomic E-state index is 1.28. The van der Waals surface area contributed by atoms with E-state index in [1.807, 2.05) is 0 Å².